The Morgan fingerprint density at radius 2 is 1.77 bits per heavy atom. The number of aromatic nitrogens is 2. The minimum Gasteiger partial charge on any atom is -0.336 e. The van der Waals surface area contributed by atoms with Crippen LogP contribution >= 0.6 is 0 Å². The number of sulfonamides is 1. The molecule has 1 aromatic heterocycles. The summed E-state index contributed by atoms with van der Waals surface area (Å²) in [4.78, 5) is 14.0. The number of carbonyl (C=O) groups excluding carboxylic acids is 1. The van der Waals surface area contributed by atoms with Crippen LogP contribution in [-0.4, -0.2) is 59.9 Å². The zero-order chi connectivity index (χ0) is 19.1. The van der Waals surface area contributed by atoms with Crippen LogP contribution in [0.3, 0.4) is 0 Å². The molecule has 1 amide bonds. The summed E-state index contributed by atoms with van der Waals surface area (Å²) in [5, 5.41) is 6.57. The molecule has 1 N–H and O–H groups in total. The Hall–Kier alpha value is -2.33. The lowest BCUT2D eigenvalue weighted by atomic mass is 10.1. The molecule has 0 bridgehead atoms. The first-order valence-electron chi connectivity index (χ1n) is 7.98. The van der Waals surface area contributed by atoms with Crippen molar-refractivity contribution in [2.45, 2.75) is 18.7 Å². The largest absolute Gasteiger partial charge is 0.336 e. The van der Waals surface area contributed by atoms with E-state index in [4.69, 9.17) is 0 Å². The van der Waals surface area contributed by atoms with Gasteiger partial charge in [0.05, 0.1) is 11.4 Å². The minimum absolute atomic E-state index is 0.0294. The van der Waals surface area contributed by atoms with Crippen molar-refractivity contribution in [1.82, 2.24) is 19.4 Å². The van der Waals surface area contributed by atoms with E-state index >= 15 is 0 Å². The normalized spacial score (nSPS) is 16.1. The first-order chi connectivity index (χ1) is 12.2. The predicted octanol–water partition coefficient (Wildman–Crippen LogP) is 1.45. The molecule has 0 spiro atoms. The van der Waals surface area contributed by atoms with Crippen LogP contribution in [0.5, 0.6) is 0 Å². The maximum absolute atomic E-state index is 13.3. The SMILES string of the molecule is Cc1n[nH]c(C)c1S(=O)(=O)N1CCN(C(=O)c2ccc(F)c(F)c2)CC1. The molecule has 0 saturated carbocycles. The van der Waals surface area contributed by atoms with E-state index in [9.17, 15) is 22.0 Å². The lowest BCUT2D eigenvalue weighted by Gasteiger charge is -2.34. The Labute approximate surface area is 149 Å². The van der Waals surface area contributed by atoms with Crippen LogP contribution in [0.4, 0.5) is 8.78 Å². The molecule has 26 heavy (non-hydrogen) atoms. The van der Waals surface area contributed by atoms with E-state index in [0.29, 0.717) is 11.4 Å². The molecule has 1 saturated heterocycles. The molecule has 0 aliphatic carbocycles. The molecular weight excluding hydrogens is 366 g/mol. The standard InChI is InChI=1S/C16H18F2N4O3S/c1-10-15(11(2)20-19-10)26(24,25)22-7-5-21(6-8-22)16(23)12-3-4-13(17)14(18)9-12/h3-4,9H,5-8H2,1-2H3,(H,19,20). The number of rotatable bonds is 3. The number of hydrogen-bond donors (Lipinski definition) is 1. The van der Waals surface area contributed by atoms with E-state index in [0.717, 1.165) is 12.1 Å². The molecule has 1 aromatic carbocycles. The number of nitrogens with one attached hydrogen (secondary N) is 1. The van der Waals surface area contributed by atoms with Crippen LogP contribution in [0, 0.1) is 25.5 Å². The summed E-state index contributed by atoms with van der Waals surface area (Å²) in [5.41, 5.74) is 0.882. The van der Waals surface area contributed by atoms with Gasteiger partial charge in [0, 0.05) is 31.7 Å². The Kier molecular flexibility index (Phi) is 4.80. The first kappa shape index (κ1) is 18.5. The lowest BCUT2D eigenvalue weighted by molar-refractivity contribution is 0.0697. The van der Waals surface area contributed by atoms with Gasteiger partial charge in [-0.15, -0.1) is 0 Å². The molecule has 2 aromatic rings. The quantitative estimate of drug-likeness (QED) is 0.868. The number of amides is 1. The number of aromatic amines is 1. The minimum atomic E-state index is -3.71. The van der Waals surface area contributed by atoms with Gasteiger partial charge >= 0.3 is 0 Å². The molecule has 1 fully saturated rings. The average Bonchev–Trinajstić information content (AvgIpc) is 2.96. The van der Waals surface area contributed by atoms with E-state index in [-0.39, 0.29) is 36.6 Å². The van der Waals surface area contributed by atoms with Crippen molar-refractivity contribution < 1.29 is 22.0 Å². The molecular formula is C16H18F2N4O3S. The highest BCUT2D eigenvalue weighted by atomic mass is 32.2. The first-order valence-corrected chi connectivity index (χ1v) is 9.42. The maximum atomic E-state index is 13.3. The third kappa shape index (κ3) is 3.21. The summed E-state index contributed by atoms with van der Waals surface area (Å²) in [6.07, 6.45) is 0. The van der Waals surface area contributed by atoms with E-state index in [1.54, 1.807) is 13.8 Å². The van der Waals surface area contributed by atoms with E-state index < -0.39 is 27.6 Å². The molecule has 140 valence electrons. The predicted molar refractivity (Wildman–Crippen MR) is 89.1 cm³/mol. The molecule has 1 aliphatic rings. The monoisotopic (exact) mass is 384 g/mol. The van der Waals surface area contributed by atoms with Gasteiger partial charge in [-0.05, 0) is 32.0 Å². The zero-order valence-electron chi connectivity index (χ0n) is 14.3. The fourth-order valence-corrected chi connectivity index (χ4v) is 4.75. The van der Waals surface area contributed by atoms with Crippen LogP contribution in [0.15, 0.2) is 23.1 Å². The summed E-state index contributed by atoms with van der Waals surface area (Å²) in [6.45, 7) is 3.79. The number of hydrogen-bond acceptors (Lipinski definition) is 4. The highest BCUT2D eigenvalue weighted by molar-refractivity contribution is 7.89. The topological polar surface area (TPSA) is 86.4 Å². The summed E-state index contributed by atoms with van der Waals surface area (Å²) < 4.78 is 53.2. The van der Waals surface area contributed by atoms with Gasteiger partial charge in [-0.2, -0.15) is 9.40 Å². The van der Waals surface area contributed by atoms with Gasteiger partial charge in [0.1, 0.15) is 4.90 Å². The van der Waals surface area contributed by atoms with Crippen molar-refractivity contribution in [2.24, 2.45) is 0 Å². The number of H-pyrrole nitrogens is 1. The summed E-state index contributed by atoms with van der Waals surface area (Å²) >= 11 is 0. The van der Waals surface area contributed by atoms with Gasteiger partial charge < -0.3 is 4.90 Å². The van der Waals surface area contributed by atoms with Gasteiger partial charge in [-0.1, -0.05) is 0 Å². The molecule has 2 heterocycles. The van der Waals surface area contributed by atoms with Gasteiger partial charge in [-0.3, -0.25) is 9.89 Å². The molecule has 3 rings (SSSR count). The second-order valence-electron chi connectivity index (χ2n) is 6.09. The lowest BCUT2D eigenvalue weighted by Crippen LogP contribution is -2.50. The van der Waals surface area contributed by atoms with Crippen LogP contribution in [0.1, 0.15) is 21.7 Å². The Morgan fingerprint density at radius 3 is 2.31 bits per heavy atom. The van der Waals surface area contributed by atoms with E-state index in [1.165, 1.54) is 15.3 Å². The van der Waals surface area contributed by atoms with Crippen molar-refractivity contribution in [3.8, 4) is 0 Å². The number of halogens is 2. The molecule has 7 nitrogen and oxygen atoms in total. The van der Waals surface area contributed by atoms with Crippen LogP contribution in [-0.2, 0) is 10.0 Å². The molecule has 0 unspecified atom stereocenters. The third-order valence-electron chi connectivity index (χ3n) is 4.35. The molecule has 10 heteroatoms. The third-order valence-corrected chi connectivity index (χ3v) is 6.51. The number of benzene rings is 1. The van der Waals surface area contributed by atoms with Gasteiger partial charge in [-0.25, -0.2) is 17.2 Å². The van der Waals surface area contributed by atoms with Crippen molar-refractivity contribution in [1.29, 1.82) is 0 Å². The average molecular weight is 384 g/mol. The van der Waals surface area contributed by atoms with Crippen molar-refractivity contribution in [2.75, 3.05) is 26.2 Å². The summed E-state index contributed by atoms with van der Waals surface area (Å²) in [5.74, 6) is -2.58. The van der Waals surface area contributed by atoms with Crippen LogP contribution in [0.25, 0.3) is 0 Å². The van der Waals surface area contributed by atoms with Crippen LogP contribution in [0.2, 0.25) is 0 Å². The number of nitrogens with zero attached hydrogens (tertiary/aromatic N) is 3. The van der Waals surface area contributed by atoms with Gasteiger partial charge in [0.15, 0.2) is 11.6 Å². The fraction of sp³-hybridized carbons (Fsp3) is 0.375. The highest BCUT2D eigenvalue weighted by Crippen LogP contribution is 2.23. The second kappa shape index (κ2) is 6.76. The fourth-order valence-electron chi connectivity index (χ4n) is 2.99. The van der Waals surface area contributed by atoms with Gasteiger partial charge in [0.2, 0.25) is 10.0 Å². The second-order valence-corrected chi connectivity index (χ2v) is 7.96. The summed E-state index contributed by atoms with van der Waals surface area (Å²) in [6, 6.07) is 2.95. The number of carbonyl (C=O) groups is 1. The Balaban J connectivity index is 1.73. The molecule has 0 radical (unpaired) electrons. The summed E-state index contributed by atoms with van der Waals surface area (Å²) in [7, 11) is -3.71. The smallest absolute Gasteiger partial charge is 0.254 e. The molecule has 1 aliphatic heterocycles. The van der Waals surface area contributed by atoms with Crippen molar-refractivity contribution in [3.05, 3.63) is 46.8 Å². The van der Waals surface area contributed by atoms with Crippen LogP contribution < -0.4 is 0 Å². The van der Waals surface area contributed by atoms with Crippen molar-refractivity contribution in [3.63, 3.8) is 0 Å². The van der Waals surface area contributed by atoms with E-state index in [2.05, 4.69) is 10.2 Å². The zero-order valence-corrected chi connectivity index (χ0v) is 15.1. The maximum Gasteiger partial charge on any atom is 0.254 e. The Morgan fingerprint density at radius 1 is 1.12 bits per heavy atom. The van der Waals surface area contributed by atoms with Crippen molar-refractivity contribution >= 4 is 15.9 Å². The van der Waals surface area contributed by atoms with E-state index in [1.807, 2.05) is 0 Å². The Bertz CT molecular complexity index is 931. The highest BCUT2D eigenvalue weighted by Gasteiger charge is 2.33. The van der Waals surface area contributed by atoms with Gasteiger partial charge in [0.25, 0.3) is 5.91 Å². The number of aryl methyl sites for hydroxylation is 2. The molecule has 0 atom stereocenters. The number of piperazine rings is 1.